The molecule has 0 amide bonds. The van der Waals surface area contributed by atoms with Crippen LogP contribution in [0.4, 0.5) is 5.82 Å². The van der Waals surface area contributed by atoms with Gasteiger partial charge in [-0.25, -0.2) is 15.0 Å². The van der Waals surface area contributed by atoms with Crippen LogP contribution in [0, 0.1) is 0 Å². The lowest BCUT2D eigenvalue weighted by atomic mass is 10.2. The van der Waals surface area contributed by atoms with E-state index in [-0.39, 0.29) is 0 Å². The number of imidazole rings is 1. The van der Waals surface area contributed by atoms with Crippen LogP contribution in [0.5, 0.6) is 0 Å². The summed E-state index contributed by atoms with van der Waals surface area (Å²) in [4.78, 5) is 12.7. The van der Waals surface area contributed by atoms with E-state index in [0.717, 1.165) is 23.4 Å². The van der Waals surface area contributed by atoms with E-state index < -0.39 is 0 Å². The summed E-state index contributed by atoms with van der Waals surface area (Å²) in [6.07, 6.45) is 1.44. The Morgan fingerprint density at radius 1 is 1.17 bits per heavy atom. The van der Waals surface area contributed by atoms with E-state index in [1.165, 1.54) is 6.33 Å². The molecule has 0 aliphatic heterocycles. The molecule has 5 nitrogen and oxygen atoms in total. The number of nitrogen functional groups attached to an aromatic ring is 1. The van der Waals surface area contributed by atoms with Gasteiger partial charge in [-0.15, -0.1) is 0 Å². The van der Waals surface area contributed by atoms with Crippen molar-refractivity contribution in [3.05, 3.63) is 36.7 Å². The Kier molecular flexibility index (Phi) is 2.44. The summed E-state index contributed by atoms with van der Waals surface area (Å²) in [6.45, 7) is 2.83. The second-order valence-corrected chi connectivity index (χ2v) is 3.98. The SMILES string of the molecule is CCn1c(-c2ccccc2)nc2ncnc(N)c21. The maximum absolute atomic E-state index is 5.91. The first-order valence-corrected chi connectivity index (χ1v) is 5.83. The molecule has 2 N–H and O–H groups in total. The van der Waals surface area contributed by atoms with Crippen molar-refractivity contribution in [1.82, 2.24) is 19.5 Å². The highest BCUT2D eigenvalue weighted by atomic mass is 15.1. The van der Waals surface area contributed by atoms with Crippen LogP contribution in [0.2, 0.25) is 0 Å². The lowest BCUT2D eigenvalue weighted by Crippen LogP contribution is -2.01. The average molecular weight is 239 g/mol. The van der Waals surface area contributed by atoms with Crippen molar-refractivity contribution in [3.8, 4) is 11.4 Å². The van der Waals surface area contributed by atoms with Gasteiger partial charge in [-0.1, -0.05) is 30.3 Å². The summed E-state index contributed by atoms with van der Waals surface area (Å²) in [5.41, 5.74) is 8.41. The Hall–Kier alpha value is -2.43. The number of fused-ring (bicyclic) bond motifs is 1. The monoisotopic (exact) mass is 239 g/mol. The lowest BCUT2D eigenvalue weighted by Gasteiger charge is -2.06. The number of rotatable bonds is 2. The molecule has 0 unspecified atom stereocenters. The van der Waals surface area contributed by atoms with E-state index in [9.17, 15) is 0 Å². The zero-order valence-electron chi connectivity index (χ0n) is 10.0. The maximum Gasteiger partial charge on any atom is 0.183 e. The van der Waals surface area contributed by atoms with E-state index in [0.29, 0.717) is 11.5 Å². The van der Waals surface area contributed by atoms with Gasteiger partial charge in [0.25, 0.3) is 0 Å². The molecule has 0 fully saturated rings. The fourth-order valence-corrected chi connectivity index (χ4v) is 2.11. The third kappa shape index (κ3) is 1.52. The molecule has 0 spiro atoms. The van der Waals surface area contributed by atoms with Crippen LogP contribution in [0.25, 0.3) is 22.6 Å². The molecule has 2 heterocycles. The van der Waals surface area contributed by atoms with Gasteiger partial charge in [0.1, 0.15) is 17.7 Å². The Bertz CT molecular complexity index is 687. The molecule has 3 rings (SSSR count). The smallest absolute Gasteiger partial charge is 0.183 e. The van der Waals surface area contributed by atoms with Crippen molar-refractivity contribution in [2.24, 2.45) is 0 Å². The second kappa shape index (κ2) is 4.10. The zero-order valence-corrected chi connectivity index (χ0v) is 10.0. The van der Waals surface area contributed by atoms with Gasteiger partial charge in [0, 0.05) is 12.1 Å². The minimum atomic E-state index is 0.469. The van der Waals surface area contributed by atoms with Crippen LogP contribution in [0.1, 0.15) is 6.92 Å². The fourth-order valence-electron chi connectivity index (χ4n) is 2.11. The molecule has 1 aromatic carbocycles. The quantitative estimate of drug-likeness (QED) is 0.743. The van der Waals surface area contributed by atoms with Crippen molar-refractivity contribution < 1.29 is 0 Å². The van der Waals surface area contributed by atoms with Crippen LogP contribution < -0.4 is 5.73 Å². The number of benzene rings is 1. The first-order valence-electron chi connectivity index (χ1n) is 5.83. The molecule has 0 radical (unpaired) electrons. The van der Waals surface area contributed by atoms with Crippen molar-refractivity contribution in [2.75, 3.05) is 5.73 Å². The summed E-state index contributed by atoms with van der Waals surface area (Å²) in [6, 6.07) is 10.0. The molecule has 90 valence electrons. The number of nitrogens with zero attached hydrogens (tertiary/aromatic N) is 4. The van der Waals surface area contributed by atoms with Crippen LogP contribution >= 0.6 is 0 Å². The van der Waals surface area contributed by atoms with E-state index >= 15 is 0 Å². The van der Waals surface area contributed by atoms with Crippen LogP contribution in [0.15, 0.2) is 36.7 Å². The van der Waals surface area contributed by atoms with E-state index in [4.69, 9.17) is 5.73 Å². The highest BCUT2D eigenvalue weighted by molar-refractivity contribution is 5.85. The number of aryl methyl sites for hydroxylation is 1. The van der Waals surface area contributed by atoms with Crippen molar-refractivity contribution in [3.63, 3.8) is 0 Å². The fraction of sp³-hybridized carbons (Fsp3) is 0.154. The summed E-state index contributed by atoms with van der Waals surface area (Å²) < 4.78 is 2.04. The summed E-state index contributed by atoms with van der Waals surface area (Å²) in [7, 11) is 0. The van der Waals surface area contributed by atoms with Crippen LogP contribution in [-0.2, 0) is 6.54 Å². The first-order chi connectivity index (χ1) is 8.81. The molecular weight excluding hydrogens is 226 g/mol. The average Bonchev–Trinajstić information content (AvgIpc) is 2.79. The number of hydrogen-bond acceptors (Lipinski definition) is 4. The largest absolute Gasteiger partial charge is 0.382 e. The van der Waals surface area contributed by atoms with E-state index in [2.05, 4.69) is 21.9 Å². The Morgan fingerprint density at radius 3 is 2.67 bits per heavy atom. The molecule has 0 saturated heterocycles. The van der Waals surface area contributed by atoms with Gasteiger partial charge in [0.05, 0.1) is 0 Å². The summed E-state index contributed by atoms with van der Waals surface area (Å²) in [5.74, 6) is 1.34. The minimum absolute atomic E-state index is 0.469. The van der Waals surface area contributed by atoms with Gasteiger partial charge >= 0.3 is 0 Å². The molecule has 18 heavy (non-hydrogen) atoms. The third-order valence-corrected chi connectivity index (χ3v) is 2.92. The van der Waals surface area contributed by atoms with Gasteiger partial charge in [-0.05, 0) is 6.92 Å². The highest BCUT2D eigenvalue weighted by Crippen LogP contribution is 2.25. The van der Waals surface area contributed by atoms with Crippen molar-refractivity contribution in [2.45, 2.75) is 13.5 Å². The molecule has 0 bridgehead atoms. The maximum atomic E-state index is 5.91. The highest BCUT2D eigenvalue weighted by Gasteiger charge is 2.14. The number of nitrogens with two attached hydrogens (primary N) is 1. The van der Waals surface area contributed by atoms with Gasteiger partial charge in [-0.2, -0.15) is 0 Å². The molecule has 3 aromatic rings. The van der Waals surface area contributed by atoms with E-state index in [1.807, 2.05) is 34.9 Å². The van der Waals surface area contributed by atoms with Crippen molar-refractivity contribution >= 4 is 17.0 Å². The van der Waals surface area contributed by atoms with Gasteiger partial charge in [0.2, 0.25) is 0 Å². The minimum Gasteiger partial charge on any atom is -0.382 e. The Morgan fingerprint density at radius 2 is 1.94 bits per heavy atom. The topological polar surface area (TPSA) is 69.6 Å². The molecule has 0 saturated carbocycles. The van der Waals surface area contributed by atoms with Gasteiger partial charge < -0.3 is 10.3 Å². The molecule has 0 aliphatic carbocycles. The number of aromatic nitrogens is 4. The van der Waals surface area contributed by atoms with Gasteiger partial charge in [0.15, 0.2) is 11.5 Å². The second-order valence-electron chi connectivity index (χ2n) is 3.98. The van der Waals surface area contributed by atoms with Crippen LogP contribution in [0.3, 0.4) is 0 Å². The first kappa shape index (κ1) is 10.7. The van der Waals surface area contributed by atoms with Crippen LogP contribution in [-0.4, -0.2) is 19.5 Å². The molecule has 5 heteroatoms. The standard InChI is InChI=1S/C13H13N5/c1-2-18-10-11(14)15-8-16-12(10)17-13(18)9-6-4-3-5-7-9/h3-8H,2H2,1H3,(H2,14,15,16). The predicted octanol–water partition coefficient (Wildman–Crippen LogP) is 2.10. The zero-order chi connectivity index (χ0) is 12.5. The number of hydrogen-bond donors (Lipinski definition) is 1. The summed E-state index contributed by atoms with van der Waals surface area (Å²) >= 11 is 0. The molecule has 0 atom stereocenters. The Labute approximate surface area is 104 Å². The molecular formula is C13H13N5. The Balaban J connectivity index is 2.34. The molecule has 0 aliphatic rings. The van der Waals surface area contributed by atoms with Crippen molar-refractivity contribution in [1.29, 1.82) is 0 Å². The molecule has 2 aromatic heterocycles. The third-order valence-electron chi connectivity index (χ3n) is 2.92. The number of anilines is 1. The van der Waals surface area contributed by atoms with E-state index in [1.54, 1.807) is 0 Å². The summed E-state index contributed by atoms with van der Waals surface area (Å²) in [5, 5.41) is 0. The normalized spacial score (nSPS) is 10.9. The predicted molar refractivity (Wildman–Crippen MR) is 70.8 cm³/mol. The van der Waals surface area contributed by atoms with Gasteiger partial charge in [-0.3, -0.25) is 0 Å². The lowest BCUT2D eigenvalue weighted by molar-refractivity contribution is 0.796.